The van der Waals surface area contributed by atoms with Crippen LogP contribution in [-0.4, -0.2) is 38.2 Å². The van der Waals surface area contributed by atoms with E-state index in [9.17, 15) is 13.2 Å². The Hall–Kier alpha value is -2.16. The van der Waals surface area contributed by atoms with Crippen LogP contribution in [0.2, 0.25) is 5.15 Å². The Bertz CT molecular complexity index is 848. The molecule has 2 rings (SSSR count). The zero-order valence-electron chi connectivity index (χ0n) is 16.0. The Morgan fingerprint density at radius 3 is 2.29 bits per heavy atom. The van der Waals surface area contributed by atoms with E-state index in [1.165, 1.54) is 0 Å². The van der Waals surface area contributed by atoms with Crippen molar-refractivity contribution in [1.29, 1.82) is 0 Å². The molecule has 0 bridgehead atoms. The molecule has 2 aromatic rings. The molecule has 2 heterocycles. The monoisotopic (exact) mass is 363 g/mol. The molecule has 0 aliphatic heterocycles. The second-order valence-corrected chi connectivity index (χ2v) is 5.40. The van der Waals surface area contributed by atoms with Gasteiger partial charge in [-0.3, -0.25) is 0 Å². The second-order valence-electron chi connectivity index (χ2n) is 5.04. The standard InChI is InChI=1S/C14H16ClF3N6/c1-7(2)19-12-22-11(9-5-4-6-10(15)21-9)23-13(24-12)20-8(3)14(16,17)18/h4-8H,1-3H3,(H2,19,20,22,23,24)/t8-/m1/s1/i5D,6D,8D. The van der Waals surface area contributed by atoms with E-state index in [2.05, 4.69) is 25.3 Å². The van der Waals surface area contributed by atoms with E-state index < -0.39 is 18.1 Å². The minimum absolute atomic E-state index is 0.0669. The van der Waals surface area contributed by atoms with Gasteiger partial charge >= 0.3 is 6.18 Å². The number of hydrogen-bond donors (Lipinski definition) is 2. The highest BCUT2D eigenvalue weighted by Gasteiger charge is 2.36. The molecule has 0 fully saturated rings. The highest BCUT2D eigenvalue weighted by atomic mass is 35.5. The molecule has 130 valence electrons. The number of rotatable bonds is 5. The van der Waals surface area contributed by atoms with Crippen LogP contribution in [0.15, 0.2) is 18.2 Å². The van der Waals surface area contributed by atoms with Crippen LogP contribution in [0.1, 0.15) is 24.9 Å². The van der Waals surface area contributed by atoms with Gasteiger partial charge in [-0.2, -0.15) is 28.1 Å². The Balaban J connectivity index is 2.57. The zero-order chi connectivity index (χ0) is 20.6. The predicted octanol–water partition coefficient (Wildman–Crippen LogP) is 3.77. The van der Waals surface area contributed by atoms with Crippen LogP contribution in [-0.2, 0) is 0 Å². The van der Waals surface area contributed by atoms with E-state index in [1.54, 1.807) is 13.8 Å². The average molecular weight is 364 g/mol. The largest absolute Gasteiger partial charge is 0.408 e. The summed E-state index contributed by atoms with van der Waals surface area (Å²) in [5.74, 6) is -0.812. The summed E-state index contributed by atoms with van der Waals surface area (Å²) in [5.41, 5.74) is -0.132. The Morgan fingerprint density at radius 2 is 1.71 bits per heavy atom. The summed E-state index contributed by atoms with van der Waals surface area (Å²) in [6.45, 7) is 4.15. The van der Waals surface area contributed by atoms with Crippen molar-refractivity contribution in [3.05, 3.63) is 23.3 Å². The SMILES string of the molecule is [2H]c1cc([2H])c(-c2nc(NC(C)C)nc(N[C@]([2H])(C)C(F)(F)F)n2)nc1Cl. The maximum Gasteiger partial charge on any atom is 0.408 e. The van der Waals surface area contributed by atoms with Gasteiger partial charge in [-0.1, -0.05) is 17.7 Å². The molecule has 6 nitrogen and oxygen atoms in total. The van der Waals surface area contributed by atoms with Crippen molar-refractivity contribution in [3.8, 4) is 11.5 Å². The summed E-state index contributed by atoms with van der Waals surface area (Å²) >= 11 is 5.80. The summed E-state index contributed by atoms with van der Waals surface area (Å²) in [4.78, 5) is 15.6. The lowest BCUT2D eigenvalue weighted by Crippen LogP contribution is -2.34. The number of hydrogen-bond acceptors (Lipinski definition) is 6. The van der Waals surface area contributed by atoms with E-state index in [0.717, 1.165) is 6.07 Å². The topological polar surface area (TPSA) is 75.6 Å². The van der Waals surface area contributed by atoms with Crippen LogP contribution in [0.4, 0.5) is 25.1 Å². The number of pyridine rings is 1. The van der Waals surface area contributed by atoms with Gasteiger partial charge in [-0.05, 0) is 32.9 Å². The fourth-order valence-corrected chi connectivity index (χ4v) is 1.68. The molecule has 2 N–H and O–H groups in total. The first kappa shape index (κ1) is 14.2. The molecule has 24 heavy (non-hydrogen) atoms. The van der Waals surface area contributed by atoms with Gasteiger partial charge in [0.2, 0.25) is 11.9 Å². The smallest absolute Gasteiger partial charge is 0.352 e. The van der Waals surface area contributed by atoms with Crippen LogP contribution in [0.25, 0.3) is 11.5 Å². The molecular weight excluding hydrogens is 345 g/mol. The van der Waals surface area contributed by atoms with Crippen LogP contribution in [0.5, 0.6) is 0 Å². The molecule has 0 saturated heterocycles. The molecule has 0 amide bonds. The number of anilines is 2. The lowest BCUT2D eigenvalue weighted by atomic mass is 10.3. The normalized spacial score (nSPS) is 16.1. The summed E-state index contributed by atoms with van der Waals surface area (Å²) < 4.78 is 61.9. The maximum absolute atomic E-state index is 13.0. The molecule has 0 aromatic carbocycles. The quantitative estimate of drug-likeness (QED) is 0.787. The van der Waals surface area contributed by atoms with Gasteiger partial charge in [0.15, 0.2) is 5.82 Å². The molecule has 0 unspecified atom stereocenters. The molecule has 0 radical (unpaired) electrons. The van der Waals surface area contributed by atoms with Crippen LogP contribution in [0.3, 0.4) is 0 Å². The van der Waals surface area contributed by atoms with Crippen LogP contribution >= 0.6 is 11.6 Å². The molecule has 2 aromatic heterocycles. The highest BCUT2D eigenvalue weighted by Crippen LogP contribution is 2.24. The van der Waals surface area contributed by atoms with Gasteiger partial charge in [0.1, 0.15) is 16.9 Å². The predicted molar refractivity (Wildman–Crippen MR) is 86.0 cm³/mol. The third-order valence-corrected chi connectivity index (χ3v) is 2.79. The number of halogens is 4. The van der Waals surface area contributed by atoms with E-state index in [0.29, 0.717) is 6.92 Å². The van der Waals surface area contributed by atoms with E-state index >= 15 is 0 Å². The van der Waals surface area contributed by atoms with Crippen molar-refractivity contribution < 1.29 is 17.3 Å². The van der Waals surface area contributed by atoms with Gasteiger partial charge in [0, 0.05) is 6.04 Å². The molecule has 0 aliphatic carbocycles. The van der Waals surface area contributed by atoms with Crippen molar-refractivity contribution in [1.82, 2.24) is 19.9 Å². The summed E-state index contributed by atoms with van der Waals surface area (Å²) in [7, 11) is 0. The molecule has 1 atom stereocenters. The lowest BCUT2D eigenvalue weighted by Gasteiger charge is -2.18. The third kappa shape index (κ3) is 4.92. The fourth-order valence-electron chi connectivity index (χ4n) is 1.54. The second kappa shape index (κ2) is 7.16. The first-order valence-corrected chi connectivity index (χ1v) is 7.19. The van der Waals surface area contributed by atoms with Crippen molar-refractivity contribution in [2.24, 2.45) is 0 Å². The molecule has 0 aliphatic rings. The summed E-state index contributed by atoms with van der Waals surface area (Å²) in [6.07, 6.45) is -4.89. The molecule has 0 spiro atoms. The Kier molecular flexibility index (Phi) is 4.24. The Labute approximate surface area is 146 Å². The van der Waals surface area contributed by atoms with Gasteiger partial charge in [-0.15, -0.1) is 0 Å². The summed E-state index contributed by atoms with van der Waals surface area (Å²) in [6, 6.07) is -2.52. The van der Waals surface area contributed by atoms with E-state index in [4.69, 9.17) is 15.7 Å². The molecule has 10 heteroatoms. The minimum atomic E-state index is -4.89. The average Bonchev–Trinajstić information content (AvgIpc) is 2.48. The van der Waals surface area contributed by atoms with Crippen molar-refractivity contribution in [3.63, 3.8) is 0 Å². The number of nitrogens with one attached hydrogen (secondary N) is 2. The van der Waals surface area contributed by atoms with Crippen molar-refractivity contribution in [2.75, 3.05) is 10.6 Å². The van der Waals surface area contributed by atoms with Crippen molar-refractivity contribution >= 4 is 23.5 Å². The van der Waals surface area contributed by atoms with Gasteiger partial charge in [0.25, 0.3) is 0 Å². The van der Waals surface area contributed by atoms with Crippen LogP contribution < -0.4 is 10.6 Å². The van der Waals surface area contributed by atoms with Crippen molar-refractivity contribution in [2.45, 2.75) is 39.0 Å². The number of aromatic nitrogens is 4. The van der Waals surface area contributed by atoms with Crippen LogP contribution in [0, 0.1) is 0 Å². The third-order valence-electron chi connectivity index (χ3n) is 2.60. The molecular formula is C14H16ClF3N6. The van der Waals surface area contributed by atoms with E-state index in [-0.39, 0.29) is 40.7 Å². The first-order chi connectivity index (χ1) is 12.3. The molecule has 0 saturated carbocycles. The summed E-state index contributed by atoms with van der Waals surface area (Å²) in [5, 5.41) is 4.52. The number of nitrogens with zero attached hydrogens (tertiary/aromatic N) is 4. The minimum Gasteiger partial charge on any atom is -0.352 e. The van der Waals surface area contributed by atoms with Gasteiger partial charge in [-0.25, -0.2) is 4.98 Å². The number of alkyl halides is 3. The zero-order valence-corrected chi connectivity index (χ0v) is 13.7. The van der Waals surface area contributed by atoms with Gasteiger partial charge < -0.3 is 10.6 Å². The van der Waals surface area contributed by atoms with E-state index in [1.807, 2.05) is 5.32 Å². The fraction of sp³-hybridized carbons (Fsp3) is 0.429. The first-order valence-electron chi connectivity index (χ1n) is 8.32. The van der Waals surface area contributed by atoms with Gasteiger partial charge in [0.05, 0.1) is 4.11 Å². The Morgan fingerprint density at radius 1 is 1.08 bits per heavy atom. The maximum atomic E-state index is 13.0. The highest BCUT2D eigenvalue weighted by molar-refractivity contribution is 6.29. The lowest BCUT2D eigenvalue weighted by molar-refractivity contribution is -0.138.